The first-order valence-corrected chi connectivity index (χ1v) is 8.33. The Kier molecular flexibility index (Phi) is 5.21. The van der Waals surface area contributed by atoms with Crippen molar-refractivity contribution in [2.24, 2.45) is 5.92 Å². The Morgan fingerprint density at radius 2 is 2.00 bits per heavy atom. The molecule has 1 aromatic rings. The minimum atomic E-state index is 0.261. The van der Waals surface area contributed by atoms with E-state index in [0.717, 1.165) is 45.3 Å². The number of rotatable bonds is 6. The van der Waals surface area contributed by atoms with Gasteiger partial charge in [-0.05, 0) is 44.1 Å². The van der Waals surface area contributed by atoms with E-state index in [4.69, 9.17) is 0 Å². The summed E-state index contributed by atoms with van der Waals surface area (Å²) in [5, 5.41) is 6.73. The Morgan fingerprint density at radius 1 is 1.23 bits per heavy atom. The number of anilines is 1. The topological polar surface area (TPSA) is 70.1 Å². The third-order valence-corrected chi connectivity index (χ3v) is 4.66. The first-order chi connectivity index (χ1) is 10.8. The maximum Gasteiger partial charge on any atom is 0.236 e. The molecule has 2 heterocycles. The Morgan fingerprint density at radius 3 is 2.77 bits per heavy atom. The van der Waals surface area contributed by atoms with Gasteiger partial charge in [0.2, 0.25) is 11.9 Å². The molecule has 1 saturated carbocycles. The molecular formula is C16H25N5O. The van der Waals surface area contributed by atoms with Crippen LogP contribution in [-0.4, -0.2) is 53.0 Å². The predicted octanol–water partition coefficient (Wildman–Crippen LogP) is 1.27. The summed E-state index contributed by atoms with van der Waals surface area (Å²) < 4.78 is 0. The van der Waals surface area contributed by atoms with Crippen LogP contribution in [0.1, 0.15) is 32.1 Å². The van der Waals surface area contributed by atoms with Gasteiger partial charge in [-0.15, -0.1) is 0 Å². The zero-order chi connectivity index (χ0) is 15.2. The van der Waals surface area contributed by atoms with E-state index < -0.39 is 0 Å². The average molecular weight is 303 g/mol. The number of hydrogen-bond acceptors (Lipinski definition) is 5. The molecule has 6 nitrogen and oxygen atoms in total. The van der Waals surface area contributed by atoms with Crippen LogP contribution in [0.2, 0.25) is 0 Å². The molecule has 2 aliphatic rings. The number of amides is 1. The number of likely N-dealkylation sites (tertiary alicyclic amines) is 1. The number of nitrogens with one attached hydrogen (secondary N) is 2. The highest BCUT2D eigenvalue weighted by molar-refractivity contribution is 5.78. The van der Waals surface area contributed by atoms with Crippen LogP contribution < -0.4 is 10.6 Å². The quantitative estimate of drug-likeness (QED) is 0.828. The van der Waals surface area contributed by atoms with Gasteiger partial charge < -0.3 is 15.5 Å². The molecule has 1 saturated heterocycles. The second-order valence-corrected chi connectivity index (χ2v) is 6.30. The monoisotopic (exact) mass is 303 g/mol. The van der Waals surface area contributed by atoms with E-state index in [-0.39, 0.29) is 5.91 Å². The van der Waals surface area contributed by atoms with Crippen LogP contribution in [0.25, 0.3) is 0 Å². The van der Waals surface area contributed by atoms with Crippen molar-refractivity contribution in [1.29, 1.82) is 0 Å². The lowest BCUT2D eigenvalue weighted by molar-refractivity contribution is -0.129. The molecule has 1 aliphatic heterocycles. The highest BCUT2D eigenvalue weighted by atomic mass is 16.2. The Balaban J connectivity index is 1.34. The predicted molar refractivity (Wildman–Crippen MR) is 85.5 cm³/mol. The van der Waals surface area contributed by atoms with Crippen molar-refractivity contribution >= 4 is 11.9 Å². The Labute approximate surface area is 131 Å². The Hall–Kier alpha value is -1.69. The standard InChI is InChI=1S/C16H25N5O/c22-15(21-8-1-2-9-21)12-19-14-5-4-13(10-14)11-20-16-17-6-3-7-18-16/h3,6-7,13-14,19H,1-2,4-5,8-12H2,(H,17,18,20)/t13-,14+/m1/s1. The van der Waals surface area contributed by atoms with Crippen molar-refractivity contribution in [2.45, 2.75) is 38.1 Å². The number of carbonyl (C=O) groups is 1. The number of carbonyl (C=O) groups excluding carboxylic acids is 1. The summed E-state index contributed by atoms with van der Waals surface area (Å²) in [5.41, 5.74) is 0. The summed E-state index contributed by atoms with van der Waals surface area (Å²) in [6.45, 7) is 3.28. The van der Waals surface area contributed by atoms with Crippen LogP contribution in [-0.2, 0) is 4.79 Å². The fourth-order valence-electron chi connectivity index (χ4n) is 3.38. The molecule has 0 bridgehead atoms. The van der Waals surface area contributed by atoms with Gasteiger partial charge in [-0.25, -0.2) is 9.97 Å². The van der Waals surface area contributed by atoms with E-state index >= 15 is 0 Å². The summed E-state index contributed by atoms with van der Waals surface area (Å²) in [6.07, 6.45) is 9.27. The average Bonchev–Trinajstić information content (AvgIpc) is 3.23. The molecule has 0 aromatic carbocycles. The van der Waals surface area contributed by atoms with Gasteiger partial charge in [-0.2, -0.15) is 0 Å². The van der Waals surface area contributed by atoms with Crippen LogP contribution in [0.15, 0.2) is 18.5 Å². The molecule has 1 aliphatic carbocycles. The number of nitrogens with zero attached hydrogens (tertiary/aromatic N) is 3. The van der Waals surface area contributed by atoms with E-state index in [1.54, 1.807) is 12.4 Å². The third kappa shape index (κ3) is 4.16. The second kappa shape index (κ2) is 7.54. The highest BCUT2D eigenvalue weighted by Crippen LogP contribution is 2.25. The lowest BCUT2D eigenvalue weighted by atomic mass is 10.1. The first kappa shape index (κ1) is 15.2. The normalized spacial score (nSPS) is 24.6. The fraction of sp³-hybridized carbons (Fsp3) is 0.688. The summed E-state index contributed by atoms with van der Waals surface area (Å²) in [7, 11) is 0. The van der Waals surface area contributed by atoms with Gasteiger partial charge in [0, 0.05) is 38.1 Å². The van der Waals surface area contributed by atoms with Crippen LogP contribution >= 0.6 is 0 Å². The van der Waals surface area contributed by atoms with E-state index in [2.05, 4.69) is 20.6 Å². The molecule has 0 radical (unpaired) electrons. The largest absolute Gasteiger partial charge is 0.354 e. The van der Waals surface area contributed by atoms with Crippen molar-refractivity contribution in [3.05, 3.63) is 18.5 Å². The number of hydrogen-bond donors (Lipinski definition) is 2. The van der Waals surface area contributed by atoms with Gasteiger partial charge in [-0.3, -0.25) is 4.79 Å². The zero-order valence-electron chi connectivity index (χ0n) is 13.0. The molecule has 2 fully saturated rings. The first-order valence-electron chi connectivity index (χ1n) is 8.33. The molecule has 0 unspecified atom stereocenters. The van der Waals surface area contributed by atoms with Crippen LogP contribution in [0.4, 0.5) is 5.95 Å². The van der Waals surface area contributed by atoms with E-state index in [0.29, 0.717) is 24.5 Å². The molecule has 22 heavy (non-hydrogen) atoms. The van der Waals surface area contributed by atoms with E-state index in [1.807, 2.05) is 11.0 Å². The fourth-order valence-corrected chi connectivity index (χ4v) is 3.38. The third-order valence-electron chi connectivity index (χ3n) is 4.66. The van der Waals surface area contributed by atoms with Gasteiger partial charge in [0.15, 0.2) is 0 Å². The van der Waals surface area contributed by atoms with Crippen LogP contribution in [0, 0.1) is 5.92 Å². The maximum absolute atomic E-state index is 12.0. The smallest absolute Gasteiger partial charge is 0.236 e. The van der Waals surface area contributed by atoms with Crippen LogP contribution in [0.3, 0.4) is 0 Å². The molecule has 6 heteroatoms. The van der Waals surface area contributed by atoms with Crippen LogP contribution in [0.5, 0.6) is 0 Å². The van der Waals surface area contributed by atoms with Crippen molar-refractivity contribution in [3.8, 4) is 0 Å². The highest BCUT2D eigenvalue weighted by Gasteiger charge is 2.26. The molecule has 1 aromatic heterocycles. The molecule has 0 spiro atoms. The summed E-state index contributed by atoms with van der Waals surface area (Å²) in [5.74, 6) is 1.59. The van der Waals surface area contributed by atoms with Gasteiger partial charge >= 0.3 is 0 Å². The molecule has 3 rings (SSSR count). The molecule has 120 valence electrons. The SMILES string of the molecule is O=C(CN[C@H]1CC[C@@H](CNc2ncccn2)C1)N1CCCC1. The maximum atomic E-state index is 12.0. The van der Waals surface area contributed by atoms with E-state index in [1.165, 1.54) is 6.42 Å². The van der Waals surface area contributed by atoms with Crippen molar-refractivity contribution in [1.82, 2.24) is 20.2 Å². The molecular weight excluding hydrogens is 278 g/mol. The second-order valence-electron chi connectivity index (χ2n) is 6.30. The van der Waals surface area contributed by atoms with Crippen molar-refractivity contribution in [3.63, 3.8) is 0 Å². The molecule has 2 atom stereocenters. The zero-order valence-corrected chi connectivity index (χ0v) is 13.0. The van der Waals surface area contributed by atoms with Gasteiger partial charge in [0.25, 0.3) is 0 Å². The Bertz CT molecular complexity index is 475. The van der Waals surface area contributed by atoms with Gasteiger partial charge in [-0.1, -0.05) is 0 Å². The minimum absolute atomic E-state index is 0.261. The summed E-state index contributed by atoms with van der Waals surface area (Å²) in [4.78, 5) is 22.4. The van der Waals surface area contributed by atoms with Crippen molar-refractivity contribution in [2.75, 3.05) is 31.5 Å². The molecule has 2 N–H and O–H groups in total. The lowest BCUT2D eigenvalue weighted by Gasteiger charge is -2.18. The van der Waals surface area contributed by atoms with Gasteiger partial charge in [0.05, 0.1) is 6.54 Å². The van der Waals surface area contributed by atoms with E-state index in [9.17, 15) is 4.79 Å². The van der Waals surface area contributed by atoms with Gasteiger partial charge in [0.1, 0.15) is 0 Å². The van der Waals surface area contributed by atoms with Crippen molar-refractivity contribution < 1.29 is 4.79 Å². The summed E-state index contributed by atoms with van der Waals surface area (Å²) in [6, 6.07) is 2.29. The lowest BCUT2D eigenvalue weighted by Crippen LogP contribution is -2.39. The number of aromatic nitrogens is 2. The summed E-state index contributed by atoms with van der Waals surface area (Å²) >= 11 is 0. The molecule has 1 amide bonds. The minimum Gasteiger partial charge on any atom is -0.354 e.